The molecule has 0 saturated carbocycles. The first-order chi connectivity index (χ1) is 13.2. The van der Waals surface area contributed by atoms with E-state index < -0.39 is 0 Å². The van der Waals surface area contributed by atoms with Gasteiger partial charge in [-0.2, -0.15) is 0 Å². The fourth-order valence-corrected chi connectivity index (χ4v) is 5.14. The summed E-state index contributed by atoms with van der Waals surface area (Å²) in [4.78, 5) is 26.4. The standard InChI is InChI=1S/C22H27ClN2O2S/c1-5-18(26)25-21-19(20(27)24-16-9-7-6-8-15(16)23)14-11-10-13(22(2,3)4)12-17(14)28-21/h6-9,13H,5,10-12H2,1-4H3,(H,24,27)(H,25,26). The van der Waals surface area contributed by atoms with Gasteiger partial charge in [0.05, 0.1) is 16.3 Å². The number of para-hydroxylation sites is 1. The second-order valence-electron chi connectivity index (χ2n) is 8.35. The first-order valence-electron chi connectivity index (χ1n) is 9.71. The average Bonchev–Trinajstić information content (AvgIpc) is 2.99. The number of hydrogen-bond donors (Lipinski definition) is 2. The topological polar surface area (TPSA) is 58.2 Å². The molecule has 1 aromatic heterocycles. The normalized spacial score (nSPS) is 16.4. The van der Waals surface area contributed by atoms with E-state index in [1.807, 2.05) is 19.1 Å². The Morgan fingerprint density at radius 3 is 2.57 bits per heavy atom. The Kier molecular flexibility index (Phi) is 6.15. The van der Waals surface area contributed by atoms with Gasteiger partial charge in [-0.3, -0.25) is 9.59 Å². The maximum Gasteiger partial charge on any atom is 0.258 e. The summed E-state index contributed by atoms with van der Waals surface area (Å²) in [6.45, 7) is 8.60. The maximum absolute atomic E-state index is 13.2. The third-order valence-corrected chi connectivity index (χ3v) is 6.91. The lowest BCUT2D eigenvalue weighted by molar-refractivity contribution is -0.115. The van der Waals surface area contributed by atoms with Gasteiger partial charge in [0, 0.05) is 11.3 Å². The van der Waals surface area contributed by atoms with E-state index in [-0.39, 0.29) is 17.2 Å². The third-order valence-electron chi connectivity index (χ3n) is 5.41. The molecule has 3 rings (SSSR count). The molecule has 1 heterocycles. The molecule has 0 saturated heterocycles. The number of thiophene rings is 1. The van der Waals surface area contributed by atoms with Crippen molar-refractivity contribution in [3.63, 3.8) is 0 Å². The number of anilines is 2. The molecule has 2 aromatic rings. The van der Waals surface area contributed by atoms with Crippen LogP contribution in [-0.4, -0.2) is 11.8 Å². The summed E-state index contributed by atoms with van der Waals surface area (Å²) in [7, 11) is 0. The van der Waals surface area contributed by atoms with Crippen LogP contribution in [0.15, 0.2) is 24.3 Å². The number of nitrogens with one attached hydrogen (secondary N) is 2. The predicted octanol–water partition coefficient (Wildman–Crippen LogP) is 6.15. The molecule has 0 radical (unpaired) electrons. The number of hydrogen-bond acceptors (Lipinski definition) is 3. The molecule has 2 amide bonds. The number of benzene rings is 1. The van der Waals surface area contributed by atoms with Gasteiger partial charge < -0.3 is 10.6 Å². The molecule has 1 aliphatic rings. The van der Waals surface area contributed by atoms with Crippen LogP contribution in [0.2, 0.25) is 5.02 Å². The number of halogens is 1. The molecule has 0 fully saturated rings. The van der Waals surface area contributed by atoms with Crippen molar-refractivity contribution in [2.75, 3.05) is 10.6 Å². The number of fused-ring (bicyclic) bond motifs is 1. The molecular formula is C22H27ClN2O2S. The second-order valence-corrected chi connectivity index (χ2v) is 9.86. The summed E-state index contributed by atoms with van der Waals surface area (Å²) >= 11 is 7.75. The summed E-state index contributed by atoms with van der Waals surface area (Å²) < 4.78 is 0. The highest BCUT2D eigenvalue weighted by atomic mass is 35.5. The Hall–Kier alpha value is -1.85. The third kappa shape index (κ3) is 4.41. The smallest absolute Gasteiger partial charge is 0.258 e. The molecule has 4 nitrogen and oxygen atoms in total. The largest absolute Gasteiger partial charge is 0.321 e. The van der Waals surface area contributed by atoms with Crippen LogP contribution in [-0.2, 0) is 17.6 Å². The highest BCUT2D eigenvalue weighted by Gasteiger charge is 2.34. The van der Waals surface area contributed by atoms with Crippen LogP contribution >= 0.6 is 22.9 Å². The van der Waals surface area contributed by atoms with Crippen molar-refractivity contribution in [3.8, 4) is 0 Å². The Morgan fingerprint density at radius 1 is 1.21 bits per heavy atom. The molecule has 1 atom stereocenters. The minimum Gasteiger partial charge on any atom is -0.321 e. The van der Waals surface area contributed by atoms with Crippen LogP contribution in [0.25, 0.3) is 0 Å². The van der Waals surface area contributed by atoms with Gasteiger partial charge in [0.2, 0.25) is 5.91 Å². The molecular weight excluding hydrogens is 392 g/mol. The van der Waals surface area contributed by atoms with E-state index >= 15 is 0 Å². The number of rotatable bonds is 4. The zero-order valence-corrected chi connectivity index (χ0v) is 18.4. The van der Waals surface area contributed by atoms with Crippen LogP contribution in [0.5, 0.6) is 0 Å². The van der Waals surface area contributed by atoms with Crippen LogP contribution < -0.4 is 10.6 Å². The fourth-order valence-electron chi connectivity index (χ4n) is 3.62. The van der Waals surface area contributed by atoms with E-state index in [2.05, 4.69) is 31.4 Å². The van der Waals surface area contributed by atoms with Gasteiger partial charge in [0.1, 0.15) is 5.00 Å². The molecule has 6 heteroatoms. The van der Waals surface area contributed by atoms with Gasteiger partial charge in [0.25, 0.3) is 5.91 Å². The number of carbonyl (C=O) groups is 2. The van der Waals surface area contributed by atoms with E-state index in [4.69, 9.17) is 11.6 Å². The minimum atomic E-state index is -0.216. The van der Waals surface area contributed by atoms with Gasteiger partial charge in [-0.15, -0.1) is 11.3 Å². The molecule has 2 N–H and O–H groups in total. The predicted molar refractivity (Wildman–Crippen MR) is 118 cm³/mol. The fraction of sp³-hybridized carbons (Fsp3) is 0.455. The summed E-state index contributed by atoms with van der Waals surface area (Å²) in [5.74, 6) is 0.261. The molecule has 0 bridgehead atoms. The van der Waals surface area contributed by atoms with E-state index in [9.17, 15) is 9.59 Å². The molecule has 1 aromatic carbocycles. The average molecular weight is 419 g/mol. The van der Waals surface area contributed by atoms with Crippen molar-refractivity contribution in [2.45, 2.75) is 53.4 Å². The quantitative estimate of drug-likeness (QED) is 0.625. The number of amides is 2. The molecule has 0 aliphatic heterocycles. The van der Waals surface area contributed by atoms with Crippen molar-refractivity contribution >= 4 is 45.4 Å². The summed E-state index contributed by atoms with van der Waals surface area (Å²) in [5.41, 5.74) is 2.45. The van der Waals surface area contributed by atoms with E-state index in [0.717, 1.165) is 24.8 Å². The van der Waals surface area contributed by atoms with Crippen LogP contribution in [0.3, 0.4) is 0 Å². The van der Waals surface area contributed by atoms with E-state index in [1.54, 1.807) is 23.5 Å². The summed E-state index contributed by atoms with van der Waals surface area (Å²) in [5, 5.41) is 7.00. The second kappa shape index (κ2) is 8.26. The van der Waals surface area contributed by atoms with Crippen molar-refractivity contribution in [2.24, 2.45) is 11.3 Å². The number of carbonyl (C=O) groups excluding carboxylic acids is 2. The Bertz CT molecular complexity index is 898. The monoisotopic (exact) mass is 418 g/mol. The lowest BCUT2D eigenvalue weighted by Gasteiger charge is -2.33. The Labute approximate surface area is 175 Å². The van der Waals surface area contributed by atoms with Gasteiger partial charge in [0.15, 0.2) is 0 Å². The van der Waals surface area contributed by atoms with Gasteiger partial charge in [-0.25, -0.2) is 0 Å². The first kappa shape index (κ1) is 20.9. The zero-order valence-electron chi connectivity index (χ0n) is 16.8. The molecule has 0 spiro atoms. The lowest BCUT2D eigenvalue weighted by Crippen LogP contribution is -2.27. The van der Waals surface area contributed by atoms with E-state index in [1.165, 1.54) is 4.88 Å². The van der Waals surface area contributed by atoms with Crippen LogP contribution in [0, 0.1) is 11.3 Å². The van der Waals surface area contributed by atoms with Crippen molar-refractivity contribution in [1.82, 2.24) is 0 Å². The highest BCUT2D eigenvalue weighted by Crippen LogP contribution is 2.44. The molecule has 1 aliphatic carbocycles. The summed E-state index contributed by atoms with van der Waals surface area (Å²) in [6.07, 6.45) is 3.21. The van der Waals surface area contributed by atoms with Crippen molar-refractivity contribution < 1.29 is 9.59 Å². The Balaban J connectivity index is 1.97. The SMILES string of the molecule is CCC(=O)Nc1sc2c(c1C(=O)Nc1ccccc1Cl)CCC(C(C)(C)C)C2. The van der Waals surface area contributed by atoms with Crippen molar-refractivity contribution in [3.05, 3.63) is 45.3 Å². The first-order valence-corrected chi connectivity index (χ1v) is 10.9. The lowest BCUT2D eigenvalue weighted by atomic mass is 9.72. The van der Waals surface area contributed by atoms with Crippen molar-refractivity contribution in [1.29, 1.82) is 0 Å². The summed E-state index contributed by atoms with van der Waals surface area (Å²) in [6, 6.07) is 7.18. The molecule has 1 unspecified atom stereocenters. The van der Waals surface area contributed by atoms with Gasteiger partial charge in [-0.1, -0.05) is 51.4 Å². The highest BCUT2D eigenvalue weighted by molar-refractivity contribution is 7.17. The van der Waals surface area contributed by atoms with Gasteiger partial charge in [-0.05, 0) is 48.3 Å². The molecule has 150 valence electrons. The maximum atomic E-state index is 13.2. The Morgan fingerprint density at radius 2 is 1.93 bits per heavy atom. The van der Waals surface area contributed by atoms with E-state index in [0.29, 0.717) is 33.6 Å². The van der Waals surface area contributed by atoms with Crippen LogP contribution in [0.4, 0.5) is 10.7 Å². The molecule has 28 heavy (non-hydrogen) atoms. The van der Waals surface area contributed by atoms with Gasteiger partial charge >= 0.3 is 0 Å². The van der Waals surface area contributed by atoms with Crippen LogP contribution in [0.1, 0.15) is 61.3 Å². The minimum absolute atomic E-state index is 0.0854. The zero-order chi connectivity index (χ0) is 20.5.